The lowest BCUT2D eigenvalue weighted by Crippen LogP contribution is -2.02. The van der Waals surface area contributed by atoms with Crippen molar-refractivity contribution in [3.63, 3.8) is 0 Å². The molecule has 0 amide bonds. The highest BCUT2D eigenvalue weighted by molar-refractivity contribution is 5.69. The van der Waals surface area contributed by atoms with Crippen LogP contribution < -0.4 is 0 Å². The van der Waals surface area contributed by atoms with Gasteiger partial charge in [0.25, 0.3) is 0 Å². The number of rotatable bonds is 13. The van der Waals surface area contributed by atoms with Gasteiger partial charge in [0.05, 0.1) is 13.2 Å². The molecular formula is C18H32O3. The van der Waals surface area contributed by atoms with Gasteiger partial charge in [0.2, 0.25) is 0 Å². The van der Waals surface area contributed by atoms with Crippen molar-refractivity contribution in [3.8, 4) is 0 Å². The molecule has 1 rings (SSSR count). The standard InChI is InChI=1S/C18H32O3/c1-3-4-5-6-7-8-9-10-11-12-13-16-17(21-16)14-15-18(19)20-2/h12-13,16-17H,3-11,14-15H2,1-2H3/b13-12-. The van der Waals surface area contributed by atoms with E-state index >= 15 is 0 Å². The van der Waals surface area contributed by atoms with Gasteiger partial charge in [0.1, 0.15) is 6.10 Å². The molecule has 0 aliphatic carbocycles. The Morgan fingerprint density at radius 2 is 1.76 bits per heavy atom. The van der Waals surface area contributed by atoms with E-state index in [4.69, 9.17) is 4.74 Å². The molecular weight excluding hydrogens is 264 g/mol. The number of unbranched alkanes of at least 4 members (excludes halogenated alkanes) is 8. The van der Waals surface area contributed by atoms with E-state index in [1.807, 2.05) is 0 Å². The Morgan fingerprint density at radius 3 is 2.43 bits per heavy atom. The van der Waals surface area contributed by atoms with Crippen molar-refractivity contribution < 1.29 is 14.3 Å². The highest BCUT2D eigenvalue weighted by Crippen LogP contribution is 2.28. The lowest BCUT2D eigenvalue weighted by atomic mass is 10.1. The normalized spacial score (nSPS) is 20.9. The molecule has 0 N–H and O–H groups in total. The second-order valence-electron chi connectivity index (χ2n) is 5.95. The fourth-order valence-electron chi connectivity index (χ4n) is 2.55. The van der Waals surface area contributed by atoms with E-state index in [9.17, 15) is 4.79 Å². The summed E-state index contributed by atoms with van der Waals surface area (Å²) in [6, 6.07) is 0. The Morgan fingerprint density at radius 1 is 1.10 bits per heavy atom. The van der Waals surface area contributed by atoms with Crippen LogP contribution in [-0.2, 0) is 14.3 Å². The van der Waals surface area contributed by atoms with E-state index in [2.05, 4.69) is 23.8 Å². The monoisotopic (exact) mass is 296 g/mol. The van der Waals surface area contributed by atoms with Gasteiger partial charge in [-0.25, -0.2) is 0 Å². The average molecular weight is 296 g/mol. The molecule has 1 aliphatic rings. The third kappa shape index (κ3) is 9.67. The van der Waals surface area contributed by atoms with E-state index in [-0.39, 0.29) is 18.2 Å². The van der Waals surface area contributed by atoms with Gasteiger partial charge in [-0.15, -0.1) is 0 Å². The molecule has 0 spiro atoms. The van der Waals surface area contributed by atoms with Crippen LogP contribution in [0.3, 0.4) is 0 Å². The van der Waals surface area contributed by atoms with Gasteiger partial charge >= 0.3 is 5.97 Å². The fourth-order valence-corrected chi connectivity index (χ4v) is 2.55. The minimum atomic E-state index is -0.146. The van der Waals surface area contributed by atoms with Gasteiger partial charge in [0, 0.05) is 6.42 Å². The minimum Gasteiger partial charge on any atom is -0.469 e. The number of hydrogen-bond donors (Lipinski definition) is 0. The maximum Gasteiger partial charge on any atom is 0.305 e. The molecule has 0 aromatic carbocycles. The van der Waals surface area contributed by atoms with Crippen LogP contribution in [0, 0.1) is 0 Å². The molecule has 3 nitrogen and oxygen atoms in total. The van der Waals surface area contributed by atoms with Gasteiger partial charge in [0.15, 0.2) is 0 Å². The summed E-state index contributed by atoms with van der Waals surface area (Å²) >= 11 is 0. The molecule has 2 atom stereocenters. The van der Waals surface area contributed by atoms with Crippen molar-refractivity contribution in [2.75, 3.05) is 7.11 Å². The Hall–Kier alpha value is -0.830. The molecule has 2 unspecified atom stereocenters. The predicted octanol–water partition coefficient (Wildman–Crippen LogP) is 4.79. The van der Waals surface area contributed by atoms with E-state index in [1.54, 1.807) is 0 Å². The first-order valence-corrected chi connectivity index (χ1v) is 8.67. The van der Waals surface area contributed by atoms with Gasteiger partial charge in [-0.3, -0.25) is 4.79 Å². The summed E-state index contributed by atoms with van der Waals surface area (Å²) in [6.45, 7) is 2.26. The Kier molecular flexibility index (Phi) is 10.2. The maximum absolute atomic E-state index is 11.0. The molecule has 0 saturated carbocycles. The smallest absolute Gasteiger partial charge is 0.305 e. The van der Waals surface area contributed by atoms with Crippen molar-refractivity contribution in [2.24, 2.45) is 0 Å². The Labute approximate surface area is 130 Å². The molecule has 122 valence electrons. The summed E-state index contributed by atoms with van der Waals surface area (Å²) in [5.41, 5.74) is 0. The molecule has 0 radical (unpaired) electrons. The Balaban J connectivity index is 1.85. The van der Waals surface area contributed by atoms with Crippen molar-refractivity contribution in [2.45, 2.75) is 89.8 Å². The highest BCUT2D eigenvalue weighted by atomic mass is 16.6. The number of hydrogen-bond acceptors (Lipinski definition) is 3. The summed E-state index contributed by atoms with van der Waals surface area (Å²) in [4.78, 5) is 11.0. The van der Waals surface area contributed by atoms with Crippen LogP contribution in [0.5, 0.6) is 0 Å². The van der Waals surface area contributed by atoms with Gasteiger partial charge in [-0.2, -0.15) is 0 Å². The van der Waals surface area contributed by atoms with Crippen molar-refractivity contribution in [3.05, 3.63) is 12.2 Å². The molecule has 21 heavy (non-hydrogen) atoms. The van der Waals surface area contributed by atoms with Gasteiger partial charge in [-0.1, -0.05) is 64.0 Å². The minimum absolute atomic E-state index is 0.146. The quantitative estimate of drug-likeness (QED) is 0.212. The second kappa shape index (κ2) is 11.8. The van der Waals surface area contributed by atoms with Crippen molar-refractivity contribution in [1.29, 1.82) is 0 Å². The summed E-state index contributed by atoms with van der Waals surface area (Å²) < 4.78 is 10.1. The summed E-state index contributed by atoms with van der Waals surface area (Å²) in [6.07, 6.45) is 18.2. The van der Waals surface area contributed by atoms with E-state index in [0.29, 0.717) is 6.42 Å². The van der Waals surface area contributed by atoms with Crippen LogP contribution in [0.15, 0.2) is 12.2 Å². The van der Waals surface area contributed by atoms with Crippen molar-refractivity contribution in [1.82, 2.24) is 0 Å². The number of methoxy groups -OCH3 is 1. The molecule has 0 aromatic rings. The second-order valence-corrected chi connectivity index (χ2v) is 5.95. The molecule has 0 bridgehead atoms. The van der Waals surface area contributed by atoms with E-state index in [1.165, 1.54) is 58.5 Å². The van der Waals surface area contributed by atoms with Crippen LogP contribution in [0.4, 0.5) is 0 Å². The first-order chi connectivity index (χ1) is 10.3. The zero-order valence-corrected chi connectivity index (χ0v) is 13.8. The van der Waals surface area contributed by atoms with E-state index < -0.39 is 0 Å². The number of allylic oxidation sites excluding steroid dienone is 1. The van der Waals surface area contributed by atoms with Gasteiger partial charge < -0.3 is 9.47 Å². The molecule has 1 saturated heterocycles. The van der Waals surface area contributed by atoms with E-state index in [0.717, 1.165) is 12.8 Å². The van der Waals surface area contributed by atoms with Crippen molar-refractivity contribution >= 4 is 5.97 Å². The maximum atomic E-state index is 11.0. The van der Waals surface area contributed by atoms with Gasteiger partial charge in [-0.05, 0) is 19.3 Å². The average Bonchev–Trinajstić information content (AvgIpc) is 3.25. The van der Waals surface area contributed by atoms with Crippen LogP contribution in [-0.4, -0.2) is 25.3 Å². The number of esters is 1. The van der Waals surface area contributed by atoms with Crippen LogP contribution in [0.25, 0.3) is 0 Å². The van der Waals surface area contributed by atoms with Crippen LogP contribution in [0.2, 0.25) is 0 Å². The number of ether oxygens (including phenoxy) is 2. The predicted molar refractivity (Wildman–Crippen MR) is 86.3 cm³/mol. The molecule has 1 heterocycles. The van der Waals surface area contributed by atoms with Crippen LogP contribution in [0.1, 0.15) is 77.6 Å². The molecule has 0 aromatic heterocycles. The molecule has 3 heteroatoms. The highest BCUT2D eigenvalue weighted by Gasteiger charge is 2.36. The lowest BCUT2D eigenvalue weighted by Gasteiger charge is -1.99. The zero-order valence-electron chi connectivity index (χ0n) is 13.8. The third-order valence-electron chi connectivity index (χ3n) is 4.03. The molecule has 1 aliphatic heterocycles. The summed E-state index contributed by atoms with van der Waals surface area (Å²) in [5.74, 6) is -0.146. The summed E-state index contributed by atoms with van der Waals surface area (Å²) in [5, 5.41) is 0. The topological polar surface area (TPSA) is 38.8 Å². The third-order valence-corrected chi connectivity index (χ3v) is 4.03. The SMILES string of the molecule is CCCCCCCCCC/C=C\C1OC1CCC(=O)OC. The first-order valence-electron chi connectivity index (χ1n) is 8.67. The Bertz CT molecular complexity index is 299. The molecule has 1 fully saturated rings. The number of epoxide rings is 1. The zero-order chi connectivity index (χ0) is 15.3. The largest absolute Gasteiger partial charge is 0.469 e. The summed E-state index contributed by atoms with van der Waals surface area (Å²) in [7, 11) is 1.43. The van der Waals surface area contributed by atoms with Crippen LogP contribution >= 0.6 is 0 Å². The lowest BCUT2D eigenvalue weighted by molar-refractivity contribution is -0.140. The first kappa shape index (κ1) is 18.2. The number of carbonyl (C=O) groups excluding carboxylic acids is 1. The number of carbonyl (C=O) groups is 1. The fraction of sp³-hybridized carbons (Fsp3) is 0.833.